The van der Waals surface area contributed by atoms with Crippen molar-refractivity contribution in [2.45, 2.75) is 12.8 Å². The summed E-state index contributed by atoms with van der Waals surface area (Å²) < 4.78 is 9.87. The van der Waals surface area contributed by atoms with E-state index in [1.54, 1.807) is 7.11 Å². The third-order valence-corrected chi connectivity index (χ3v) is 2.31. The van der Waals surface area contributed by atoms with Crippen LogP contribution < -0.4 is 9.58 Å². The van der Waals surface area contributed by atoms with Crippen LogP contribution in [0.3, 0.4) is 0 Å². The van der Waals surface area contributed by atoms with E-state index in [9.17, 15) is 5.21 Å². The number of benzene rings is 1. The van der Waals surface area contributed by atoms with Crippen LogP contribution in [0.2, 0.25) is 0 Å². The van der Waals surface area contributed by atoms with Gasteiger partial charge in [-0.3, -0.25) is 0 Å². The van der Waals surface area contributed by atoms with Crippen LogP contribution in [0.5, 0.6) is 5.75 Å². The molecule has 84 valence electrons. The van der Waals surface area contributed by atoms with Gasteiger partial charge in [0.2, 0.25) is 11.0 Å². The van der Waals surface area contributed by atoms with E-state index < -0.39 is 0 Å². The fourth-order valence-electron chi connectivity index (χ4n) is 1.43. The van der Waals surface area contributed by atoms with Gasteiger partial charge in [0.05, 0.1) is 7.11 Å². The smallest absolute Gasteiger partial charge is 0.254 e. The SMILES string of the molecule is COc1ccc(CCc2c[n+]([O-])no2)cc1. The summed E-state index contributed by atoms with van der Waals surface area (Å²) in [6, 6.07) is 7.79. The van der Waals surface area contributed by atoms with Gasteiger partial charge in [-0.25, -0.2) is 0 Å². The fraction of sp³-hybridized carbons (Fsp3) is 0.273. The van der Waals surface area contributed by atoms with E-state index in [0.717, 1.165) is 17.7 Å². The zero-order valence-electron chi connectivity index (χ0n) is 8.92. The standard InChI is InChI=1S/C11H12N2O3/c1-15-10-5-2-9(3-6-10)4-7-11-8-13(14)12-16-11/h2-3,5-6,8H,4,7H2,1H3. The average Bonchev–Trinajstić information content (AvgIpc) is 2.73. The Hall–Kier alpha value is -2.04. The summed E-state index contributed by atoms with van der Waals surface area (Å²) in [5.74, 6) is 1.42. The summed E-state index contributed by atoms with van der Waals surface area (Å²) in [5, 5.41) is 13.9. The third kappa shape index (κ3) is 2.50. The van der Waals surface area contributed by atoms with Crippen molar-refractivity contribution < 1.29 is 14.1 Å². The van der Waals surface area contributed by atoms with Crippen molar-refractivity contribution in [3.05, 3.63) is 47.0 Å². The molecule has 5 heteroatoms. The molecule has 0 aliphatic heterocycles. The molecular weight excluding hydrogens is 208 g/mol. The molecule has 0 saturated heterocycles. The summed E-state index contributed by atoms with van der Waals surface area (Å²) in [7, 11) is 1.64. The summed E-state index contributed by atoms with van der Waals surface area (Å²) in [4.78, 5) is 0.420. The fourth-order valence-corrected chi connectivity index (χ4v) is 1.43. The molecule has 16 heavy (non-hydrogen) atoms. The van der Waals surface area contributed by atoms with Crippen molar-refractivity contribution in [3.8, 4) is 5.75 Å². The predicted molar refractivity (Wildman–Crippen MR) is 55.9 cm³/mol. The van der Waals surface area contributed by atoms with Gasteiger partial charge in [-0.2, -0.15) is 0 Å². The minimum Gasteiger partial charge on any atom is -0.592 e. The largest absolute Gasteiger partial charge is 0.592 e. The van der Waals surface area contributed by atoms with Crippen LogP contribution in [0.15, 0.2) is 35.0 Å². The minimum atomic E-state index is 0.420. The summed E-state index contributed by atoms with van der Waals surface area (Å²) in [5.41, 5.74) is 1.16. The lowest BCUT2D eigenvalue weighted by Gasteiger charge is -2.01. The Balaban J connectivity index is 1.94. The van der Waals surface area contributed by atoms with Gasteiger partial charge in [0.25, 0.3) is 6.20 Å². The summed E-state index contributed by atoms with van der Waals surface area (Å²) in [6.07, 6.45) is 2.80. The number of hydrogen-bond acceptors (Lipinski definition) is 4. The van der Waals surface area contributed by atoms with Gasteiger partial charge < -0.3 is 14.5 Å². The molecule has 0 unspecified atom stereocenters. The molecule has 2 aromatic rings. The first-order valence-electron chi connectivity index (χ1n) is 4.96. The lowest BCUT2D eigenvalue weighted by atomic mass is 10.1. The van der Waals surface area contributed by atoms with Crippen molar-refractivity contribution in [2.24, 2.45) is 0 Å². The van der Waals surface area contributed by atoms with Crippen LogP contribution in [0.25, 0.3) is 0 Å². The molecule has 0 fully saturated rings. The number of hydrogen-bond donors (Lipinski definition) is 0. The van der Waals surface area contributed by atoms with Crippen LogP contribution in [0.4, 0.5) is 0 Å². The zero-order valence-corrected chi connectivity index (χ0v) is 8.92. The van der Waals surface area contributed by atoms with Gasteiger partial charge in [-0.05, 0) is 29.0 Å². The quantitative estimate of drug-likeness (QED) is 0.571. The second-order valence-electron chi connectivity index (χ2n) is 3.42. The maximum absolute atomic E-state index is 10.7. The Labute approximate surface area is 92.8 Å². The van der Waals surface area contributed by atoms with E-state index in [0.29, 0.717) is 17.0 Å². The van der Waals surface area contributed by atoms with Crippen molar-refractivity contribution >= 4 is 0 Å². The van der Waals surface area contributed by atoms with Crippen LogP contribution in [-0.2, 0) is 12.8 Å². The summed E-state index contributed by atoms with van der Waals surface area (Å²) >= 11 is 0. The lowest BCUT2D eigenvalue weighted by Crippen LogP contribution is -2.25. The molecule has 1 heterocycles. The number of aromatic nitrogens is 2. The zero-order chi connectivity index (χ0) is 11.4. The molecule has 0 N–H and O–H groups in total. The van der Waals surface area contributed by atoms with E-state index in [1.165, 1.54) is 6.20 Å². The molecule has 0 aliphatic rings. The maximum atomic E-state index is 10.7. The molecule has 0 bridgehead atoms. The predicted octanol–water partition coefficient (Wildman–Crippen LogP) is 1.10. The number of methoxy groups -OCH3 is 1. The first-order valence-corrected chi connectivity index (χ1v) is 4.96. The van der Waals surface area contributed by atoms with Gasteiger partial charge in [0.1, 0.15) is 5.75 Å². The van der Waals surface area contributed by atoms with Crippen molar-refractivity contribution in [1.82, 2.24) is 5.27 Å². The topological polar surface area (TPSA) is 62.2 Å². The molecule has 5 nitrogen and oxygen atoms in total. The molecule has 0 atom stereocenters. The van der Waals surface area contributed by atoms with Gasteiger partial charge >= 0.3 is 0 Å². The molecule has 0 amide bonds. The van der Waals surface area contributed by atoms with Crippen LogP contribution >= 0.6 is 0 Å². The average molecular weight is 220 g/mol. The van der Waals surface area contributed by atoms with Crippen molar-refractivity contribution in [1.29, 1.82) is 0 Å². The first kappa shape index (κ1) is 10.5. The normalized spacial score (nSPS) is 10.3. The highest BCUT2D eigenvalue weighted by Gasteiger charge is 2.05. The third-order valence-electron chi connectivity index (χ3n) is 2.31. The Morgan fingerprint density at radius 3 is 2.62 bits per heavy atom. The Morgan fingerprint density at radius 2 is 2.06 bits per heavy atom. The van der Waals surface area contributed by atoms with Gasteiger partial charge in [0.15, 0.2) is 0 Å². The molecule has 0 spiro atoms. The number of rotatable bonds is 4. The van der Waals surface area contributed by atoms with E-state index in [-0.39, 0.29) is 0 Å². The molecule has 0 saturated carbocycles. The molecule has 0 aliphatic carbocycles. The Bertz CT molecular complexity index is 451. The van der Waals surface area contributed by atoms with E-state index in [4.69, 9.17) is 9.26 Å². The van der Waals surface area contributed by atoms with Crippen molar-refractivity contribution in [3.63, 3.8) is 0 Å². The van der Waals surface area contributed by atoms with Crippen LogP contribution in [0.1, 0.15) is 11.3 Å². The highest BCUT2D eigenvalue weighted by atomic mass is 16.6. The van der Waals surface area contributed by atoms with Gasteiger partial charge in [0, 0.05) is 6.42 Å². The van der Waals surface area contributed by atoms with Crippen LogP contribution in [-0.4, -0.2) is 12.4 Å². The first-order chi connectivity index (χ1) is 7.78. The number of ether oxygens (including phenoxy) is 1. The monoisotopic (exact) mass is 220 g/mol. The van der Waals surface area contributed by atoms with Gasteiger partial charge in [-0.15, -0.1) is 0 Å². The van der Waals surface area contributed by atoms with Gasteiger partial charge in [-0.1, -0.05) is 12.1 Å². The molecule has 2 rings (SSSR count). The second kappa shape index (κ2) is 4.65. The number of aryl methyl sites for hydroxylation is 2. The number of nitrogens with zero attached hydrogens (tertiary/aromatic N) is 2. The van der Waals surface area contributed by atoms with Crippen molar-refractivity contribution in [2.75, 3.05) is 7.11 Å². The molecule has 1 aromatic heterocycles. The second-order valence-corrected chi connectivity index (χ2v) is 3.42. The molecule has 1 aromatic carbocycles. The minimum absolute atomic E-state index is 0.420. The maximum Gasteiger partial charge on any atom is 0.254 e. The van der Waals surface area contributed by atoms with Crippen LogP contribution in [0, 0.1) is 5.21 Å². The van der Waals surface area contributed by atoms with E-state index in [1.807, 2.05) is 24.3 Å². The molecular formula is C11H12N2O3. The Kier molecular flexibility index (Phi) is 3.05. The Morgan fingerprint density at radius 1 is 1.31 bits per heavy atom. The van der Waals surface area contributed by atoms with E-state index in [2.05, 4.69) is 5.27 Å². The summed E-state index contributed by atoms with van der Waals surface area (Å²) in [6.45, 7) is 0. The van der Waals surface area contributed by atoms with E-state index >= 15 is 0 Å². The highest BCUT2D eigenvalue weighted by Crippen LogP contribution is 2.12. The molecule has 0 radical (unpaired) electrons. The highest BCUT2D eigenvalue weighted by molar-refractivity contribution is 5.27. The lowest BCUT2D eigenvalue weighted by molar-refractivity contribution is -0.679.